The minimum atomic E-state index is -4.41. The van der Waals surface area contributed by atoms with Crippen molar-refractivity contribution in [1.82, 2.24) is 0 Å². The number of alkyl halides is 3. The Balaban J connectivity index is 1.95. The van der Waals surface area contributed by atoms with Crippen LogP contribution in [0.3, 0.4) is 0 Å². The third-order valence-electron chi connectivity index (χ3n) is 4.31. The summed E-state index contributed by atoms with van der Waals surface area (Å²) in [6.07, 6.45) is -1.04. The molecule has 1 N–H and O–H groups in total. The molecule has 2 atom stereocenters. The Bertz CT molecular complexity index is 486. The van der Waals surface area contributed by atoms with Crippen LogP contribution in [-0.2, 0) is 12.8 Å². The highest BCUT2D eigenvalue weighted by atomic mass is 19.4. The lowest BCUT2D eigenvalue weighted by atomic mass is 10.0. The van der Waals surface area contributed by atoms with Gasteiger partial charge in [0.1, 0.15) is 0 Å². The molecular formula is C14H16F3NO. The number of halogens is 3. The second kappa shape index (κ2) is 4.40. The van der Waals surface area contributed by atoms with E-state index in [0.29, 0.717) is 17.6 Å². The van der Waals surface area contributed by atoms with Gasteiger partial charge in [-0.05, 0) is 42.9 Å². The third-order valence-corrected chi connectivity index (χ3v) is 4.31. The van der Waals surface area contributed by atoms with Gasteiger partial charge in [-0.15, -0.1) is 0 Å². The number of nitrogens with zero attached hydrogens (tertiary/aromatic N) is 1. The molecule has 1 aliphatic carbocycles. The van der Waals surface area contributed by atoms with Gasteiger partial charge < -0.3 is 10.0 Å². The highest BCUT2D eigenvalue weighted by molar-refractivity contribution is 5.54. The first kappa shape index (κ1) is 12.8. The van der Waals surface area contributed by atoms with Gasteiger partial charge in [-0.25, -0.2) is 0 Å². The molecule has 2 aliphatic rings. The first-order valence-corrected chi connectivity index (χ1v) is 6.56. The quantitative estimate of drug-likeness (QED) is 0.893. The van der Waals surface area contributed by atoms with Crippen molar-refractivity contribution in [1.29, 1.82) is 0 Å². The van der Waals surface area contributed by atoms with Crippen LogP contribution in [0.4, 0.5) is 18.9 Å². The molecule has 3 rings (SSSR count). The fraction of sp³-hybridized carbons (Fsp3) is 0.571. The molecule has 0 amide bonds. The van der Waals surface area contributed by atoms with Crippen LogP contribution in [0.2, 0.25) is 0 Å². The molecule has 2 bridgehead atoms. The predicted octanol–water partition coefficient (Wildman–Crippen LogP) is 3.19. The topological polar surface area (TPSA) is 23.5 Å². The molecule has 1 heterocycles. The van der Waals surface area contributed by atoms with E-state index in [1.807, 2.05) is 0 Å². The minimum absolute atomic E-state index is 0.0550. The molecule has 0 aromatic heterocycles. The summed E-state index contributed by atoms with van der Waals surface area (Å²) < 4.78 is 38.9. The van der Waals surface area contributed by atoms with E-state index >= 15 is 0 Å². The van der Waals surface area contributed by atoms with Crippen LogP contribution in [0.15, 0.2) is 18.2 Å². The van der Waals surface area contributed by atoms with Gasteiger partial charge in [0, 0.05) is 18.3 Å². The number of fused-ring (bicyclic) bond motifs is 2. The minimum Gasteiger partial charge on any atom is -0.392 e. The fourth-order valence-electron chi connectivity index (χ4n) is 3.39. The number of anilines is 1. The first-order valence-electron chi connectivity index (χ1n) is 6.56. The lowest BCUT2D eigenvalue weighted by Gasteiger charge is -2.30. The summed E-state index contributed by atoms with van der Waals surface area (Å²) in [5, 5.41) is 9.03. The van der Waals surface area contributed by atoms with E-state index in [0.717, 1.165) is 19.4 Å². The Morgan fingerprint density at radius 2 is 2.05 bits per heavy atom. The molecule has 0 spiro atoms. The molecule has 1 aromatic rings. The SMILES string of the molecule is OCc1ccc(N2CC3CCC2C3)cc1C(F)(F)F. The van der Waals surface area contributed by atoms with Crippen molar-refractivity contribution >= 4 is 5.69 Å². The highest BCUT2D eigenvalue weighted by Gasteiger charge is 2.39. The van der Waals surface area contributed by atoms with Crippen molar-refractivity contribution in [3.05, 3.63) is 29.3 Å². The monoisotopic (exact) mass is 271 g/mol. The van der Waals surface area contributed by atoms with Gasteiger partial charge in [-0.2, -0.15) is 13.2 Å². The number of aliphatic hydroxyl groups excluding tert-OH is 1. The number of piperidine rings is 1. The summed E-state index contributed by atoms with van der Waals surface area (Å²) >= 11 is 0. The van der Waals surface area contributed by atoms with Crippen molar-refractivity contribution in [2.45, 2.75) is 38.1 Å². The van der Waals surface area contributed by atoms with Crippen LogP contribution in [0, 0.1) is 5.92 Å². The average molecular weight is 271 g/mol. The Labute approximate surface area is 109 Å². The summed E-state index contributed by atoms with van der Waals surface area (Å²) in [6.45, 7) is 0.279. The molecular weight excluding hydrogens is 255 g/mol. The fourth-order valence-corrected chi connectivity index (χ4v) is 3.39. The molecule has 104 valence electrons. The summed E-state index contributed by atoms with van der Waals surface area (Å²) in [5.41, 5.74) is -0.132. The van der Waals surface area contributed by atoms with E-state index in [1.54, 1.807) is 6.07 Å². The van der Waals surface area contributed by atoms with E-state index in [2.05, 4.69) is 4.90 Å². The van der Waals surface area contributed by atoms with Crippen LogP contribution in [0.5, 0.6) is 0 Å². The molecule has 19 heavy (non-hydrogen) atoms. The Morgan fingerprint density at radius 3 is 2.58 bits per heavy atom. The second-order valence-electron chi connectivity index (χ2n) is 5.48. The van der Waals surface area contributed by atoms with E-state index in [-0.39, 0.29) is 5.56 Å². The molecule has 1 aliphatic heterocycles. The molecule has 1 saturated heterocycles. The molecule has 5 heteroatoms. The van der Waals surface area contributed by atoms with E-state index in [9.17, 15) is 13.2 Å². The number of benzene rings is 1. The maximum Gasteiger partial charge on any atom is 0.416 e. The summed E-state index contributed by atoms with van der Waals surface area (Å²) in [7, 11) is 0. The van der Waals surface area contributed by atoms with Crippen molar-refractivity contribution in [3.63, 3.8) is 0 Å². The van der Waals surface area contributed by atoms with E-state index in [1.165, 1.54) is 18.6 Å². The summed E-state index contributed by atoms with van der Waals surface area (Å²) in [6, 6.07) is 4.67. The van der Waals surface area contributed by atoms with Crippen LogP contribution in [0.1, 0.15) is 30.4 Å². The molecule has 1 saturated carbocycles. The zero-order chi connectivity index (χ0) is 13.6. The van der Waals surface area contributed by atoms with Crippen molar-refractivity contribution in [2.75, 3.05) is 11.4 Å². The Kier molecular flexibility index (Phi) is 2.96. The third kappa shape index (κ3) is 2.20. The molecule has 2 nitrogen and oxygen atoms in total. The van der Waals surface area contributed by atoms with Crippen molar-refractivity contribution in [2.24, 2.45) is 5.92 Å². The summed E-state index contributed by atoms with van der Waals surface area (Å²) in [5.74, 6) is 0.636. The number of hydrogen-bond acceptors (Lipinski definition) is 2. The molecule has 2 fully saturated rings. The van der Waals surface area contributed by atoms with Gasteiger partial charge in [0.15, 0.2) is 0 Å². The molecule has 2 unspecified atom stereocenters. The maximum atomic E-state index is 13.0. The second-order valence-corrected chi connectivity index (χ2v) is 5.48. The van der Waals surface area contributed by atoms with E-state index < -0.39 is 18.3 Å². The average Bonchev–Trinajstić information content (AvgIpc) is 2.99. The number of rotatable bonds is 2. The normalized spacial score (nSPS) is 26.2. The largest absolute Gasteiger partial charge is 0.416 e. The van der Waals surface area contributed by atoms with Gasteiger partial charge in [0.05, 0.1) is 12.2 Å². The van der Waals surface area contributed by atoms with E-state index in [4.69, 9.17) is 5.11 Å². The van der Waals surface area contributed by atoms with Crippen molar-refractivity contribution in [3.8, 4) is 0 Å². The number of hydrogen-bond donors (Lipinski definition) is 1. The van der Waals surface area contributed by atoms with Gasteiger partial charge in [-0.3, -0.25) is 0 Å². The van der Waals surface area contributed by atoms with Crippen molar-refractivity contribution < 1.29 is 18.3 Å². The molecule has 1 aromatic carbocycles. The highest BCUT2D eigenvalue weighted by Crippen LogP contribution is 2.42. The van der Waals surface area contributed by atoms with Gasteiger partial charge >= 0.3 is 6.18 Å². The standard InChI is InChI=1S/C14H16F3NO/c15-14(16,17)13-6-12(4-2-10(13)8-19)18-7-9-1-3-11(18)5-9/h2,4,6,9,11,19H,1,3,5,7-8H2. The maximum absolute atomic E-state index is 13.0. The molecule has 0 radical (unpaired) electrons. The van der Waals surface area contributed by atoms with Gasteiger partial charge in [0.25, 0.3) is 0 Å². The van der Waals surface area contributed by atoms with Crippen LogP contribution >= 0.6 is 0 Å². The van der Waals surface area contributed by atoms with Gasteiger partial charge in [0.2, 0.25) is 0 Å². The van der Waals surface area contributed by atoms with Gasteiger partial charge in [-0.1, -0.05) is 6.07 Å². The summed E-state index contributed by atoms with van der Waals surface area (Å²) in [4.78, 5) is 2.09. The van der Waals surface area contributed by atoms with Crippen LogP contribution in [-0.4, -0.2) is 17.7 Å². The van der Waals surface area contributed by atoms with Crippen LogP contribution < -0.4 is 4.90 Å². The zero-order valence-corrected chi connectivity index (χ0v) is 10.5. The number of aliphatic hydroxyl groups is 1. The first-order chi connectivity index (χ1) is 8.99. The Morgan fingerprint density at radius 1 is 1.26 bits per heavy atom. The zero-order valence-electron chi connectivity index (χ0n) is 10.5. The lowest BCUT2D eigenvalue weighted by Crippen LogP contribution is -2.32. The lowest BCUT2D eigenvalue weighted by molar-refractivity contribution is -0.138. The Hall–Kier alpha value is -1.23. The van der Waals surface area contributed by atoms with Crippen LogP contribution in [0.25, 0.3) is 0 Å². The predicted molar refractivity (Wildman–Crippen MR) is 65.8 cm³/mol. The smallest absolute Gasteiger partial charge is 0.392 e.